The number of hydrogen-bond acceptors (Lipinski definition) is 14. The number of nitro groups is 1. The molecule has 58 heavy (non-hydrogen) atoms. The van der Waals surface area contributed by atoms with Gasteiger partial charge in [0.1, 0.15) is 0 Å². The number of amides is 3. The molecular weight excluding hydrogens is 778 g/mol. The molecule has 0 aliphatic rings. The number of nitrogens with zero attached hydrogens (tertiary/aromatic N) is 4. The quantitative estimate of drug-likeness (QED) is 0.0467. The van der Waals surface area contributed by atoms with Crippen LogP contribution in [0.25, 0.3) is 0 Å². The SMILES string of the molecule is O=C(O)NC(CCC(CCC(NC(=O)O)c1c(O)c(=O)ccn1CCO)(CCC(NC(=O)O)c1c(O)c(=O)ccn1CCO)[N+](=O)[O-])c1c(O)c(=O)ccn1CCO. The number of nitrogens with one attached hydrogen (secondary N) is 3. The molecule has 0 saturated heterocycles. The number of carbonyl (C=O) groups is 3. The maximum Gasteiger partial charge on any atom is 0.405 e. The predicted octanol–water partition coefficient (Wildman–Crippen LogP) is -0.0520. The molecule has 0 saturated carbocycles. The number of carboxylic acid groups (broad SMARTS) is 3. The minimum atomic E-state index is -2.35. The molecule has 3 atom stereocenters. The van der Waals surface area contributed by atoms with Gasteiger partial charge in [-0.05, 0) is 19.3 Å². The Balaban J connectivity index is 2.26. The van der Waals surface area contributed by atoms with Crippen molar-refractivity contribution in [2.24, 2.45) is 0 Å². The second-order valence-corrected chi connectivity index (χ2v) is 13.1. The van der Waals surface area contributed by atoms with Crippen molar-refractivity contribution in [1.29, 1.82) is 0 Å². The molecule has 12 N–H and O–H groups in total. The van der Waals surface area contributed by atoms with Gasteiger partial charge in [0.2, 0.25) is 21.8 Å². The topological polar surface area (TPSA) is 379 Å². The zero-order chi connectivity index (χ0) is 43.3. The van der Waals surface area contributed by atoms with Gasteiger partial charge in [-0.1, -0.05) is 0 Å². The molecule has 318 valence electrons. The standard InChI is InChI=1S/C34H45N7O17/c42-16-13-38-10-4-22(45)28(48)25(38)19(35-31(51)52)1-7-34(41(57)58,8-2-20(36-32(53)54)26-29(49)23(46)5-11-39(26)14-17-43)9-3-21(37-33(55)56)27-30(50)24(47)6-12-40(27)15-18-44/h4-6,10-12,19-21,35-37,42-44,48-50H,1-3,7-9,13-18H2,(H,51,52)(H,53,54)(H,55,56). The number of aliphatic hydroxyl groups excluding tert-OH is 3. The van der Waals surface area contributed by atoms with Crippen molar-refractivity contribution in [3.8, 4) is 17.2 Å². The largest absolute Gasteiger partial charge is 0.503 e. The van der Waals surface area contributed by atoms with Crippen molar-refractivity contribution in [3.63, 3.8) is 0 Å². The second kappa shape index (κ2) is 20.5. The Bertz CT molecular complexity index is 1910. The Labute approximate surface area is 326 Å². The molecule has 3 heterocycles. The average Bonchev–Trinajstić information content (AvgIpc) is 3.14. The summed E-state index contributed by atoms with van der Waals surface area (Å²) in [6, 6.07) is -1.95. The van der Waals surface area contributed by atoms with Gasteiger partial charge in [-0.2, -0.15) is 0 Å². The molecule has 3 unspecified atom stereocenters. The maximum atomic E-state index is 13.4. The lowest BCUT2D eigenvalue weighted by Gasteiger charge is -2.32. The van der Waals surface area contributed by atoms with Crippen LogP contribution in [-0.4, -0.2) is 108 Å². The van der Waals surface area contributed by atoms with Gasteiger partial charge in [0.25, 0.3) is 0 Å². The summed E-state index contributed by atoms with van der Waals surface area (Å²) in [5.41, 5.74) is -6.34. The summed E-state index contributed by atoms with van der Waals surface area (Å²) in [5, 5.41) is 110. The van der Waals surface area contributed by atoms with Crippen molar-refractivity contribution in [2.75, 3.05) is 19.8 Å². The van der Waals surface area contributed by atoms with E-state index in [4.69, 9.17) is 0 Å². The summed E-state index contributed by atoms with van der Waals surface area (Å²) < 4.78 is 3.42. The molecule has 24 nitrogen and oxygen atoms in total. The molecule has 0 radical (unpaired) electrons. The van der Waals surface area contributed by atoms with E-state index in [1.165, 1.54) is 0 Å². The van der Waals surface area contributed by atoms with E-state index < -0.39 is 139 Å². The van der Waals surface area contributed by atoms with Crippen molar-refractivity contribution >= 4 is 18.3 Å². The summed E-state index contributed by atoms with van der Waals surface area (Å²) in [6.45, 7) is -2.45. The Morgan fingerprint density at radius 3 is 1.05 bits per heavy atom. The number of hydrogen-bond donors (Lipinski definition) is 12. The van der Waals surface area contributed by atoms with Crippen LogP contribution in [0.1, 0.15) is 73.7 Å². The molecule has 3 aromatic rings. The van der Waals surface area contributed by atoms with Crippen LogP contribution < -0.4 is 32.2 Å². The monoisotopic (exact) mass is 823 g/mol. The van der Waals surface area contributed by atoms with E-state index in [9.17, 15) is 84.8 Å². The van der Waals surface area contributed by atoms with Gasteiger partial charge in [0.15, 0.2) is 17.2 Å². The van der Waals surface area contributed by atoms with Crippen LogP contribution in [0.5, 0.6) is 17.2 Å². The van der Waals surface area contributed by atoms with Gasteiger partial charge >= 0.3 is 18.3 Å². The van der Waals surface area contributed by atoms with E-state index in [0.29, 0.717) is 0 Å². The fraction of sp³-hybridized carbons (Fsp3) is 0.471. The van der Waals surface area contributed by atoms with Gasteiger partial charge in [-0.3, -0.25) is 24.5 Å². The van der Waals surface area contributed by atoms with Crippen LogP contribution in [0.2, 0.25) is 0 Å². The second-order valence-electron chi connectivity index (χ2n) is 13.1. The highest BCUT2D eigenvalue weighted by Crippen LogP contribution is 2.39. The first-order valence-corrected chi connectivity index (χ1v) is 17.6. The van der Waals surface area contributed by atoms with Crippen molar-refractivity contribution in [1.82, 2.24) is 29.7 Å². The number of aliphatic hydroxyl groups is 3. The molecular formula is C34H45N7O17. The summed E-state index contributed by atoms with van der Waals surface area (Å²) in [6.07, 6.45) is -5.43. The molecule has 3 amide bonds. The van der Waals surface area contributed by atoms with Crippen LogP contribution in [0.3, 0.4) is 0 Å². The fourth-order valence-electron chi connectivity index (χ4n) is 6.91. The third-order valence-corrected chi connectivity index (χ3v) is 9.56. The maximum absolute atomic E-state index is 13.4. The minimum absolute atomic E-state index is 0.265. The lowest BCUT2D eigenvalue weighted by molar-refractivity contribution is -0.574. The minimum Gasteiger partial charge on any atom is -0.503 e. The fourth-order valence-corrected chi connectivity index (χ4v) is 6.91. The summed E-state index contributed by atoms with van der Waals surface area (Å²) in [4.78, 5) is 86.2. The lowest BCUT2D eigenvalue weighted by Crippen LogP contribution is -2.43. The Morgan fingerprint density at radius 2 is 0.845 bits per heavy atom. The molecule has 0 aliphatic heterocycles. The van der Waals surface area contributed by atoms with E-state index in [-0.39, 0.29) is 36.7 Å². The van der Waals surface area contributed by atoms with Gasteiger partial charge < -0.3 is 75.6 Å². The zero-order valence-corrected chi connectivity index (χ0v) is 30.8. The van der Waals surface area contributed by atoms with Gasteiger partial charge in [0.05, 0.1) is 55.0 Å². The Hall–Kier alpha value is -6.66. The van der Waals surface area contributed by atoms with E-state index in [2.05, 4.69) is 16.0 Å². The molecule has 0 bridgehead atoms. The highest BCUT2D eigenvalue weighted by Gasteiger charge is 2.45. The highest BCUT2D eigenvalue weighted by atomic mass is 16.6. The first-order chi connectivity index (χ1) is 27.4. The molecule has 0 aromatic carbocycles. The van der Waals surface area contributed by atoms with E-state index >= 15 is 0 Å². The molecule has 0 spiro atoms. The van der Waals surface area contributed by atoms with Crippen molar-refractivity contribution < 1.29 is 65.3 Å². The van der Waals surface area contributed by atoms with Gasteiger partial charge in [0, 0.05) is 80.6 Å². The number of aromatic hydroxyl groups is 3. The van der Waals surface area contributed by atoms with Crippen molar-refractivity contribution in [3.05, 3.63) is 94.7 Å². The summed E-state index contributed by atoms with van der Waals surface area (Å²) in [7, 11) is 0. The zero-order valence-electron chi connectivity index (χ0n) is 30.8. The van der Waals surface area contributed by atoms with E-state index in [0.717, 1.165) is 50.5 Å². The first kappa shape index (κ1) is 45.7. The first-order valence-electron chi connectivity index (χ1n) is 17.6. The lowest BCUT2D eigenvalue weighted by atomic mass is 9.80. The number of rotatable bonds is 22. The van der Waals surface area contributed by atoms with Crippen LogP contribution >= 0.6 is 0 Å². The summed E-state index contributed by atoms with van der Waals surface area (Å²) >= 11 is 0. The molecule has 3 aromatic heterocycles. The highest BCUT2D eigenvalue weighted by molar-refractivity contribution is 5.66. The van der Waals surface area contributed by atoms with Gasteiger partial charge in [-0.25, -0.2) is 14.4 Å². The molecule has 24 heteroatoms. The van der Waals surface area contributed by atoms with Crippen LogP contribution in [0, 0.1) is 10.1 Å². The Morgan fingerprint density at radius 1 is 0.586 bits per heavy atom. The van der Waals surface area contributed by atoms with E-state index in [1.54, 1.807) is 0 Å². The summed E-state index contributed by atoms with van der Waals surface area (Å²) in [5.74, 6) is -2.83. The van der Waals surface area contributed by atoms with E-state index in [1.807, 2.05) is 0 Å². The smallest absolute Gasteiger partial charge is 0.405 e. The third kappa shape index (κ3) is 11.2. The number of aromatic nitrogens is 3. The van der Waals surface area contributed by atoms with Crippen molar-refractivity contribution in [2.45, 2.75) is 81.8 Å². The molecule has 0 aliphatic carbocycles. The predicted molar refractivity (Wildman–Crippen MR) is 197 cm³/mol. The number of pyridine rings is 3. The van der Waals surface area contributed by atoms with Crippen LogP contribution in [0.4, 0.5) is 14.4 Å². The average molecular weight is 824 g/mol. The van der Waals surface area contributed by atoms with Crippen LogP contribution in [0.15, 0.2) is 51.2 Å². The van der Waals surface area contributed by atoms with Crippen LogP contribution in [-0.2, 0) is 19.6 Å². The Kier molecular flexibility index (Phi) is 16.2. The third-order valence-electron chi connectivity index (χ3n) is 9.56. The van der Waals surface area contributed by atoms with Gasteiger partial charge in [-0.15, -0.1) is 0 Å². The molecule has 3 rings (SSSR count). The molecule has 0 fully saturated rings. The normalized spacial score (nSPS) is 13.8.